The molecule has 0 fully saturated rings. The molecule has 0 spiro atoms. The zero-order valence-electron chi connectivity index (χ0n) is 7.55. The van der Waals surface area contributed by atoms with Crippen LogP contribution in [-0.2, 0) is 0 Å². The number of rotatable bonds is 3. The molecule has 0 aromatic heterocycles. The van der Waals surface area contributed by atoms with Gasteiger partial charge in [-0.25, -0.2) is 9.82 Å². The molecule has 0 saturated carbocycles. The van der Waals surface area contributed by atoms with Crippen LogP contribution in [0.1, 0.15) is 18.5 Å². The summed E-state index contributed by atoms with van der Waals surface area (Å²) in [5.74, 6) is 5.06. The maximum atomic E-state index is 12.8. The Balaban J connectivity index is 2.98. The number of hydrogen-bond donors (Lipinski definition) is 2. The Morgan fingerprint density at radius 2 is 2.31 bits per heavy atom. The summed E-state index contributed by atoms with van der Waals surface area (Å²) in [6, 6.07) is 6.12. The van der Waals surface area contributed by atoms with Gasteiger partial charge >= 0.3 is 0 Å². The molecule has 1 atom stereocenters. The van der Waals surface area contributed by atoms with Gasteiger partial charge in [-0.05, 0) is 24.6 Å². The number of benzene rings is 1. The Morgan fingerprint density at radius 3 is 2.77 bits per heavy atom. The van der Waals surface area contributed by atoms with E-state index in [9.17, 15) is 4.39 Å². The van der Waals surface area contributed by atoms with Crippen LogP contribution in [0.25, 0.3) is 0 Å². The highest BCUT2D eigenvalue weighted by molar-refractivity contribution is 5.26. The molecule has 0 amide bonds. The summed E-state index contributed by atoms with van der Waals surface area (Å²) < 4.78 is 12.8. The van der Waals surface area contributed by atoms with Crippen molar-refractivity contribution in [3.63, 3.8) is 0 Å². The molecule has 0 aliphatic rings. The molecular formula is C10H13FN2. The minimum absolute atomic E-state index is 0.185. The van der Waals surface area contributed by atoms with Crippen LogP contribution in [0.2, 0.25) is 0 Å². The van der Waals surface area contributed by atoms with Gasteiger partial charge in [-0.3, -0.25) is 5.84 Å². The average molecular weight is 180 g/mol. The van der Waals surface area contributed by atoms with E-state index >= 15 is 0 Å². The van der Waals surface area contributed by atoms with Crippen molar-refractivity contribution in [3.8, 4) is 0 Å². The van der Waals surface area contributed by atoms with Gasteiger partial charge in [0.2, 0.25) is 0 Å². The number of hydrogen-bond acceptors (Lipinski definition) is 2. The van der Waals surface area contributed by atoms with Crippen LogP contribution in [-0.4, -0.2) is 0 Å². The first kappa shape index (κ1) is 9.89. The van der Waals surface area contributed by atoms with Crippen LogP contribution in [0, 0.1) is 5.82 Å². The summed E-state index contributed by atoms with van der Waals surface area (Å²) in [7, 11) is 0. The molecule has 0 saturated heterocycles. The first-order chi connectivity index (χ1) is 6.15. The lowest BCUT2D eigenvalue weighted by Gasteiger charge is -2.15. The van der Waals surface area contributed by atoms with Crippen molar-refractivity contribution >= 4 is 0 Å². The van der Waals surface area contributed by atoms with Crippen molar-refractivity contribution in [2.75, 3.05) is 0 Å². The molecule has 0 bridgehead atoms. The summed E-state index contributed by atoms with van der Waals surface area (Å²) in [5.41, 5.74) is 4.22. The van der Waals surface area contributed by atoms with Gasteiger partial charge in [0, 0.05) is 0 Å². The van der Waals surface area contributed by atoms with Crippen molar-refractivity contribution in [2.45, 2.75) is 13.0 Å². The van der Waals surface area contributed by atoms with Crippen LogP contribution >= 0.6 is 0 Å². The van der Waals surface area contributed by atoms with Gasteiger partial charge in [-0.2, -0.15) is 0 Å². The van der Waals surface area contributed by atoms with E-state index in [0.717, 1.165) is 11.1 Å². The predicted octanol–water partition coefficient (Wildman–Crippen LogP) is 1.91. The van der Waals surface area contributed by atoms with Gasteiger partial charge in [0.05, 0.1) is 6.04 Å². The van der Waals surface area contributed by atoms with Crippen molar-refractivity contribution in [1.82, 2.24) is 5.43 Å². The van der Waals surface area contributed by atoms with Crippen LogP contribution in [0.5, 0.6) is 0 Å². The average Bonchev–Trinajstić information content (AvgIpc) is 2.04. The number of nitrogens with two attached hydrogens (primary N) is 1. The second-order valence-corrected chi connectivity index (χ2v) is 3.00. The molecule has 1 unspecified atom stereocenters. The van der Waals surface area contributed by atoms with E-state index < -0.39 is 0 Å². The fraction of sp³-hybridized carbons (Fsp3) is 0.200. The second kappa shape index (κ2) is 4.16. The highest BCUT2D eigenvalue weighted by Crippen LogP contribution is 2.19. The van der Waals surface area contributed by atoms with Crippen molar-refractivity contribution in [2.24, 2.45) is 5.84 Å². The first-order valence-electron chi connectivity index (χ1n) is 4.02. The molecule has 1 rings (SSSR count). The fourth-order valence-corrected chi connectivity index (χ4v) is 1.21. The van der Waals surface area contributed by atoms with E-state index in [0.29, 0.717) is 0 Å². The van der Waals surface area contributed by atoms with E-state index in [1.54, 1.807) is 6.07 Å². The van der Waals surface area contributed by atoms with Crippen molar-refractivity contribution in [1.29, 1.82) is 0 Å². The molecule has 0 heterocycles. The zero-order chi connectivity index (χ0) is 9.84. The molecular weight excluding hydrogens is 167 g/mol. The minimum atomic E-state index is -0.265. The Labute approximate surface area is 77.2 Å². The van der Waals surface area contributed by atoms with Gasteiger partial charge in [0.15, 0.2) is 0 Å². The summed E-state index contributed by atoms with van der Waals surface area (Å²) in [6.07, 6.45) is 0. The Morgan fingerprint density at radius 1 is 1.62 bits per heavy atom. The topological polar surface area (TPSA) is 38.0 Å². The van der Waals surface area contributed by atoms with Gasteiger partial charge in [0.1, 0.15) is 5.82 Å². The highest BCUT2D eigenvalue weighted by atomic mass is 19.1. The lowest BCUT2D eigenvalue weighted by molar-refractivity contribution is 0.601. The van der Waals surface area contributed by atoms with E-state index in [2.05, 4.69) is 12.0 Å². The van der Waals surface area contributed by atoms with E-state index in [-0.39, 0.29) is 11.9 Å². The van der Waals surface area contributed by atoms with Crippen LogP contribution in [0.15, 0.2) is 36.4 Å². The van der Waals surface area contributed by atoms with E-state index in [4.69, 9.17) is 5.84 Å². The first-order valence-corrected chi connectivity index (χ1v) is 4.02. The lowest BCUT2D eigenvalue weighted by atomic mass is 10.0. The molecule has 13 heavy (non-hydrogen) atoms. The third-order valence-electron chi connectivity index (χ3n) is 1.84. The fourth-order valence-electron chi connectivity index (χ4n) is 1.21. The Hall–Kier alpha value is -1.19. The monoisotopic (exact) mass is 180 g/mol. The molecule has 1 aromatic carbocycles. The van der Waals surface area contributed by atoms with Gasteiger partial charge in [-0.1, -0.05) is 24.3 Å². The number of nitrogens with one attached hydrogen (secondary N) is 1. The van der Waals surface area contributed by atoms with Gasteiger partial charge < -0.3 is 0 Å². The van der Waals surface area contributed by atoms with Crippen molar-refractivity contribution in [3.05, 3.63) is 47.8 Å². The summed E-state index contributed by atoms with van der Waals surface area (Å²) in [5, 5.41) is 0. The lowest BCUT2D eigenvalue weighted by Crippen LogP contribution is -2.28. The molecule has 1 aromatic rings. The minimum Gasteiger partial charge on any atom is -0.271 e. The van der Waals surface area contributed by atoms with Gasteiger partial charge in [-0.15, -0.1) is 0 Å². The predicted molar refractivity (Wildman–Crippen MR) is 51.3 cm³/mol. The summed E-state index contributed by atoms with van der Waals surface area (Å²) in [6.45, 7) is 5.61. The normalized spacial score (nSPS) is 12.5. The van der Waals surface area contributed by atoms with Crippen LogP contribution in [0.3, 0.4) is 0 Å². The summed E-state index contributed by atoms with van der Waals surface area (Å²) >= 11 is 0. The zero-order valence-corrected chi connectivity index (χ0v) is 7.55. The number of hydrazine groups is 1. The third-order valence-corrected chi connectivity index (χ3v) is 1.84. The maximum absolute atomic E-state index is 12.8. The maximum Gasteiger partial charge on any atom is 0.123 e. The SMILES string of the molecule is C=C(C)C(NN)c1cccc(F)c1. The molecule has 2 nitrogen and oxygen atoms in total. The molecule has 70 valence electrons. The van der Waals surface area contributed by atoms with Crippen LogP contribution < -0.4 is 11.3 Å². The Kier molecular flexibility index (Phi) is 3.17. The number of halogens is 1. The molecule has 3 N–H and O–H groups in total. The quantitative estimate of drug-likeness (QED) is 0.423. The van der Waals surface area contributed by atoms with E-state index in [1.807, 2.05) is 13.0 Å². The second-order valence-electron chi connectivity index (χ2n) is 3.00. The highest BCUT2D eigenvalue weighted by Gasteiger charge is 2.09. The molecule has 0 aliphatic carbocycles. The van der Waals surface area contributed by atoms with Crippen LogP contribution in [0.4, 0.5) is 4.39 Å². The molecule has 0 aliphatic heterocycles. The van der Waals surface area contributed by atoms with Gasteiger partial charge in [0.25, 0.3) is 0 Å². The largest absolute Gasteiger partial charge is 0.271 e. The smallest absolute Gasteiger partial charge is 0.123 e. The van der Waals surface area contributed by atoms with E-state index in [1.165, 1.54) is 12.1 Å². The third kappa shape index (κ3) is 2.37. The summed E-state index contributed by atoms with van der Waals surface area (Å²) in [4.78, 5) is 0. The standard InChI is InChI=1S/C10H13FN2/c1-7(2)10(13-12)8-4-3-5-9(11)6-8/h3-6,10,13H,1,12H2,2H3. The molecule has 3 heteroatoms. The molecule has 0 radical (unpaired) electrons. The Bertz CT molecular complexity index is 310. The van der Waals surface area contributed by atoms with Crippen molar-refractivity contribution < 1.29 is 4.39 Å².